The fourth-order valence-corrected chi connectivity index (χ4v) is 2.37. The molecule has 0 radical (unpaired) electrons. The lowest BCUT2D eigenvalue weighted by molar-refractivity contribution is -0.384. The number of ether oxygens (including phenoxy) is 1. The van der Waals surface area contributed by atoms with Crippen LogP contribution in [0.25, 0.3) is 0 Å². The quantitative estimate of drug-likeness (QED) is 0.528. The molecular weight excluding hydrogens is 332 g/mol. The van der Waals surface area contributed by atoms with Crippen LogP contribution < -0.4 is 10.1 Å². The maximum atomic E-state index is 12.5. The van der Waals surface area contributed by atoms with E-state index in [1.54, 1.807) is 48.5 Å². The molecule has 0 aliphatic heterocycles. The van der Waals surface area contributed by atoms with Crippen molar-refractivity contribution in [2.75, 3.05) is 5.32 Å². The number of rotatable bonds is 6. The number of hydrogen-bond donors (Lipinski definition) is 1. The lowest BCUT2D eigenvalue weighted by Gasteiger charge is -2.12. The van der Waals surface area contributed by atoms with Crippen molar-refractivity contribution in [1.29, 1.82) is 0 Å². The minimum atomic E-state index is -0.451. The van der Waals surface area contributed by atoms with Gasteiger partial charge in [-0.1, -0.05) is 30.3 Å². The Bertz CT molecular complexity index is 909. The fraction of sp³-hybridized carbons (Fsp3) is 0.0500. The second-order valence-electron chi connectivity index (χ2n) is 5.53. The number of hydrogen-bond acceptors (Lipinski definition) is 4. The summed E-state index contributed by atoms with van der Waals surface area (Å²) in [5.74, 6) is 0.176. The highest BCUT2D eigenvalue weighted by atomic mass is 16.6. The maximum absolute atomic E-state index is 12.5. The van der Waals surface area contributed by atoms with E-state index >= 15 is 0 Å². The van der Waals surface area contributed by atoms with Crippen LogP contribution in [0.2, 0.25) is 0 Å². The molecule has 0 aliphatic rings. The van der Waals surface area contributed by atoms with Crippen LogP contribution >= 0.6 is 0 Å². The number of non-ortho nitro benzene ring substituents is 1. The molecule has 0 spiro atoms. The van der Waals surface area contributed by atoms with Crippen molar-refractivity contribution >= 4 is 17.3 Å². The molecule has 130 valence electrons. The van der Waals surface area contributed by atoms with Crippen LogP contribution in [0.1, 0.15) is 15.9 Å². The third-order valence-electron chi connectivity index (χ3n) is 3.70. The van der Waals surface area contributed by atoms with Crippen molar-refractivity contribution in [3.05, 3.63) is 100 Å². The van der Waals surface area contributed by atoms with Crippen molar-refractivity contribution < 1.29 is 14.5 Å². The SMILES string of the molecule is O=C(Nc1ccccc1)c1ccccc1OCc1ccc([N+](=O)[O-])cc1. The lowest BCUT2D eigenvalue weighted by Crippen LogP contribution is -2.13. The highest BCUT2D eigenvalue weighted by Gasteiger charge is 2.13. The van der Waals surface area contributed by atoms with Crippen LogP contribution in [-0.2, 0) is 6.61 Å². The van der Waals surface area contributed by atoms with Gasteiger partial charge in [-0.3, -0.25) is 14.9 Å². The van der Waals surface area contributed by atoms with Crippen molar-refractivity contribution in [2.45, 2.75) is 6.61 Å². The Balaban J connectivity index is 1.70. The van der Waals surface area contributed by atoms with E-state index in [1.165, 1.54) is 12.1 Å². The zero-order valence-corrected chi connectivity index (χ0v) is 13.8. The van der Waals surface area contributed by atoms with Gasteiger partial charge in [0, 0.05) is 17.8 Å². The number of nitrogens with one attached hydrogen (secondary N) is 1. The predicted molar refractivity (Wildman–Crippen MR) is 98.3 cm³/mol. The summed E-state index contributed by atoms with van der Waals surface area (Å²) in [6.07, 6.45) is 0. The zero-order chi connectivity index (χ0) is 18.4. The highest BCUT2D eigenvalue weighted by Crippen LogP contribution is 2.21. The molecule has 0 unspecified atom stereocenters. The summed E-state index contributed by atoms with van der Waals surface area (Å²) in [5.41, 5.74) is 1.91. The topological polar surface area (TPSA) is 81.5 Å². The summed E-state index contributed by atoms with van der Waals surface area (Å²) >= 11 is 0. The standard InChI is InChI=1S/C20H16N2O4/c23-20(21-16-6-2-1-3-7-16)18-8-4-5-9-19(18)26-14-15-10-12-17(13-11-15)22(24)25/h1-13H,14H2,(H,21,23). The second-order valence-corrected chi connectivity index (χ2v) is 5.53. The third kappa shape index (κ3) is 4.24. The van der Waals surface area contributed by atoms with Gasteiger partial charge in [-0.2, -0.15) is 0 Å². The first kappa shape index (κ1) is 17.2. The van der Waals surface area contributed by atoms with E-state index < -0.39 is 4.92 Å². The average molecular weight is 348 g/mol. The molecular formula is C20H16N2O4. The number of amides is 1. The van der Waals surface area contributed by atoms with E-state index in [9.17, 15) is 14.9 Å². The van der Waals surface area contributed by atoms with E-state index in [4.69, 9.17) is 4.74 Å². The molecule has 1 amide bonds. The Hall–Kier alpha value is -3.67. The Kier molecular flexibility index (Phi) is 5.24. The number of nitro groups is 1. The van der Waals surface area contributed by atoms with Crippen LogP contribution in [0.4, 0.5) is 11.4 Å². The average Bonchev–Trinajstić information content (AvgIpc) is 2.67. The Morgan fingerprint density at radius 2 is 1.58 bits per heavy atom. The first-order valence-electron chi connectivity index (χ1n) is 7.95. The molecule has 26 heavy (non-hydrogen) atoms. The minimum Gasteiger partial charge on any atom is -0.488 e. The number of nitro benzene ring substituents is 1. The first-order chi connectivity index (χ1) is 12.6. The first-order valence-corrected chi connectivity index (χ1v) is 7.95. The van der Waals surface area contributed by atoms with Crippen molar-refractivity contribution in [1.82, 2.24) is 0 Å². The summed E-state index contributed by atoms with van der Waals surface area (Å²) in [7, 11) is 0. The molecule has 0 heterocycles. The maximum Gasteiger partial charge on any atom is 0.269 e. The molecule has 0 bridgehead atoms. The van der Waals surface area contributed by atoms with Gasteiger partial charge in [-0.15, -0.1) is 0 Å². The minimum absolute atomic E-state index is 0.0244. The molecule has 3 aromatic carbocycles. The van der Waals surface area contributed by atoms with Gasteiger partial charge in [-0.25, -0.2) is 0 Å². The zero-order valence-electron chi connectivity index (χ0n) is 13.8. The smallest absolute Gasteiger partial charge is 0.269 e. The third-order valence-corrected chi connectivity index (χ3v) is 3.70. The van der Waals surface area contributed by atoms with Gasteiger partial charge in [0.1, 0.15) is 12.4 Å². The molecule has 3 rings (SSSR count). The summed E-state index contributed by atoms with van der Waals surface area (Å²) in [5, 5.41) is 13.5. The van der Waals surface area contributed by atoms with Crippen LogP contribution in [-0.4, -0.2) is 10.8 Å². The predicted octanol–water partition coefficient (Wildman–Crippen LogP) is 4.43. The molecule has 0 fully saturated rings. The summed E-state index contributed by atoms with van der Waals surface area (Å²) < 4.78 is 5.75. The van der Waals surface area contributed by atoms with E-state index in [0.29, 0.717) is 17.0 Å². The number of carbonyl (C=O) groups is 1. The van der Waals surface area contributed by atoms with E-state index in [-0.39, 0.29) is 18.2 Å². The van der Waals surface area contributed by atoms with Gasteiger partial charge >= 0.3 is 0 Å². The molecule has 6 nitrogen and oxygen atoms in total. The van der Waals surface area contributed by atoms with E-state index in [2.05, 4.69) is 5.32 Å². The number of para-hydroxylation sites is 2. The van der Waals surface area contributed by atoms with Crippen LogP contribution in [0, 0.1) is 10.1 Å². The molecule has 0 saturated carbocycles. The molecule has 6 heteroatoms. The lowest BCUT2D eigenvalue weighted by atomic mass is 10.1. The van der Waals surface area contributed by atoms with E-state index in [0.717, 1.165) is 5.56 Å². The molecule has 0 atom stereocenters. The Labute approximate surface area is 150 Å². The molecule has 0 aliphatic carbocycles. The van der Waals surface area contributed by atoms with Crippen molar-refractivity contribution in [2.24, 2.45) is 0 Å². The largest absolute Gasteiger partial charge is 0.488 e. The Morgan fingerprint density at radius 3 is 2.27 bits per heavy atom. The van der Waals surface area contributed by atoms with Gasteiger partial charge in [0.2, 0.25) is 0 Å². The second kappa shape index (κ2) is 7.94. The monoisotopic (exact) mass is 348 g/mol. The Morgan fingerprint density at radius 1 is 0.923 bits per heavy atom. The number of benzene rings is 3. The van der Waals surface area contributed by atoms with Gasteiger partial charge in [0.15, 0.2) is 0 Å². The van der Waals surface area contributed by atoms with Crippen molar-refractivity contribution in [3.8, 4) is 5.75 Å². The number of nitrogens with zero attached hydrogens (tertiary/aromatic N) is 1. The van der Waals surface area contributed by atoms with Gasteiger partial charge < -0.3 is 10.1 Å². The summed E-state index contributed by atoms with van der Waals surface area (Å²) in [4.78, 5) is 22.7. The van der Waals surface area contributed by atoms with Crippen LogP contribution in [0.5, 0.6) is 5.75 Å². The summed E-state index contributed by atoms with van der Waals surface area (Å²) in [6, 6.07) is 22.2. The number of anilines is 1. The van der Waals surface area contributed by atoms with Crippen LogP contribution in [0.15, 0.2) is 78.9 Å². The molecule has 3 aromatic rings. The number of carbonyl (C=O) groups excluding carboxylic acids is 1. The molecule has 1 N–H and O–H groups in total. The molecule has 0 aromatic heterocycles. The fourth-order valence-electron chi connectivity index (χ4n) is 2.37. The van der Waals surface area contributed by atoms with Crippen LogP contribution in [0.3, 0.4) is 0 Å². The summed E-state index contributed by atoms with van der Waals surface area (Å²) in [6.45, 7) is 0.202. The van der Waals surface area contributed by atoms with Crippen molar-refractivity contribution in [3.63, 3.8) is 0 Å². The van der Waals surface area contributed by atoms with E-state index in [1.807, 2.05) is 18.2 Å². The molecule has 0 saturated heterocycles. The van der Waals surface area contributed by atoms with Gasteiger partial charge in [-0.05, 0) is 42.0 Å². The van der Waals surface area contributed by atoms with Gasteiger partial charge in [0.25, 0.3) is 11.6 Å². The normalized spacial score (nSPS) is 10.2. The highest BCUT2D eigenvalue weighted by molar-refractivity contribution is 6.06. The van der Waals surface area contributed by atoms with Gasteiger partial charge in [0.05, 0.1) is 10.5 Å².